The van der Waals surface area contributed by atoms with Crippen molar-refractivity contribution in [2.75, 3.05) is 6.26 Å². The SMILES string of the molecule is CSc1nc2cc(C)n(CC(=O)NCc3ccccc3)c2c(=O)n1CC(C)C. The lowest BCUT2D eigenvalue weighted by Crippen LogP contribution is -2.30. The molecule has 0 aliphatic heterocycles. The fourth-order valence-corrected chi connectivity index (χ4v) is 3.80. The lowest BCUT2D eigenvalue weighted by Gasteiger charge is -2.14. The van der Waals surface area contributed by atoms with Crippen LogP contribution in [0.2, 0.25) is 0 Å². The fraction of sp³-hybridized carbons (Fsp3) is 0.381. The van der Waals surface area contributed by atoms with E-state index in [4.69, 9.17) is 0 Å². The molecular formula is C21H26N4O2S. The molecule has 0 saturated carbocycles. The monoisotopic (exact) mass is 398 g/mol. The summed E-state index contributed by atoms with van der Waals surface area (Å²) in [5.41, 5.74) is 2.93. The maximum Gasteiger partial charge on any atom is 0.278 e. The molecule has 0 saturated heterocycles. The van der Waals surface area contributed by atoms with Crippen LogP contribution in [0.1, 0.15) is 25.1 Å². The van der Waals surface area contributed by atoms with E-state index in [9.17, 15) is 9.59 Å². The third kappa shape index (κ3) is 4.30. The van der Waals surface area contributed by atoms with Gasteiger partial charge < -0.3 is 9.88 Å². The van der Waals surface area contributed by atoms with E-state index in [0.717, 1.165) is 11.3 Å². The summed E-state index contributed by atoms with van der Waals surface area (Å²) in [4.78, 5) is 30.4. The lowest BCUT2D eigenvalue weighted by atomic mass is 10.2. The highest BCUT2D eigenvalue weighted by Crippen LogP contribution is 2.19. The first-order chi connectivity index (χ1) is 13.4. The van der Waals surface area contributed by atoms with Gasteiger partial charge in [0.05, 0.1) is 5.52 Å². The third-order valence-corrected chi connectivity index (χ3v) is 5.22. The van der Waals surface area contributed by atoms with Crippen LogP contribution in [0.25, 0.3) is 11.0 Å². The second-order valence-electron chi connectivity index (χ2n) is 7.28. The van der Waals surface area contributed by atoms with Gasteiger partial charge in [-0.1, -0.05) is 55.9 Å². The largest absolute Gasteiger partial charge is 0.350 e. The van der Waals surface area contributed by atoms with Crippen LogP contribution in [0.4, 0.5) is 0 Å². The normalized spacial score (nSPS) is 11.3. The summed E-state index contributed by atoms with van der Waals surface area (Å²) in [5.74, 6) is 0.190. The number of nitrogens with zero attached hydrogens (tertiary/aromatic N) is 3. The Labute approximate surface area is 169 Å². The molecule has 0 spiro atoms. The first kappa shape index (κ1) is 20.2. The summed E-state index contributed by atoms with van der Waals surface area (Å²) in [5, 5.41) is 3.63. The number of hydrogen-bond donors (Lipinski definition) is 1. The molecule has 6 nitrogen and oxygen atoms in total. The molecule has 1 amide bonds. The van der Waals surface area contributed by atoms with E-state index in [1.165, 1.54) is 11.8 Å². The Morgan fingerprint density at radius 3 is 2.57 bits per heavy atom. The van der Waals surface area contributed by atoms with Crippen LogP contribution in [0.3, 0.4) is 0 Å². The number of rotatable bonds is 7. The molecule has 2 aromatic heterocycles. The number of fused-ring (bicyclic) bond motifs is 1. The average Bonchev–Trinajstić information content (AvgIpc) is 2.98. The van der Waals surface area contributed by atoms with E-state index in [1.54, 1.807) is 9.13 Å². The lowest BCUT2D eigenvalue weighted by molar-refractivity contribution is -0.121. The maximum absolute atomic E-state index is 13.2. The minimum absolute atomic E-state index is 0.0907. The van der Waals surface area contributed by atoms with Gasteiger partial charge in [0, 0.05) is 18.8 Å². The summed E-state index contributed by atoms with van der Waals surface area (Å²) < 4.78 is 3.49. The third-order valence-electron chi connectivity index (χ3n) is 4.54. The van der Waals surface area contributed by atoms with E-state index in [1.807, 2.05) is 49.6 Å². The predicted octanol–water partition coefficient (Wildman–Crippen LogP) is 3.20. The molecule has 28 heavy (non-hydrogen) atoms. The standard InChI is InChI=1S/C21H26N4O2S/c1-14(2)12-25-20(27)19-17(23-21(25)28-4)10-15(3)24(19)13-18(26)22-11-16-8-6-5-7-9-16/h5-10,14H,11-13H2,1-4H3,(H,22,26). The van der Waals surface area contributed by atoms with Crippen molar-refractivity contribution in [1.29, 1.82) is 0 Å². The zero-order valence-electron chi connectivity index (χ0n) is 16.7. The van der Waals surface area contributed by atoms with Gasteiger partial charge in [-0.3, -0.25) is 14.2 Å². The molecule has 3 rings (SSSR count). The first-order valence-electron chi connectivity index (χ1n) is 9.36. The van der Waals surface area contributed by atoms with Gasteiger partial charge in [0.15, 0.2) is 5.16 Å². The molecule has 148 valence electrons. The molecule has 0 aliphatic rings. The van der Waals surface area contributed by atoms with Gasteiger partial charge in [-0.05, 0) is 30.7 Å². The van der Waals surface area contributed by atoms with Crippen LogP contribution in [0.15, 0.2) is 46.3 Å². The number of thioether (sulfide) groups is 1. The molecule has 3 aromatic rings. The smallest absolute Gasteiger partial charge is 0.278 e. The summed E-state index contributed by atoms with van der Waals surface area (Å²) in [6.07, 6.45) is 1.92. The Morgan fingerprint density at radius 1 is 1.21 bits per heavy atom. The van der Waals surface area contributed by atoms with Crippen molar-refractivity contribution < 1.29 is 4.79 Å². The van der Waals surface area contributed by atoms with Gasteiger partial charge >= 0.3 is 0 Å². The van der Waals surface area contributed by atoms with Gasteiger partial charge in [-0.25, -0.2) is 4.98 Å². The Bertz CT molecular complexity index is 1040. The van der Waals surface area contributed by atoms with Crippen molar-refractivity contribution in [3.05, 3.63) is 58.0 Å². The topological polar surface area (TPSA) is 68.9 Å². The maximum atomic E-state index is 13.2. The molecule has 2 heterocycles. The van der Waals surface area contributed by atoms with E-state index < -0.39 is 0 Å². The van der Waals surface area contributed by atoms with Crippen molar-refractivity contribution in [2.45, 2.75) is 45.6 Å². The van der Waals surface area contributed by atoms with Crippen molar-refractivity contribution in [3.63, 3.8) is 0 Å². The summed E-state index contributed by atoms with van der Waals surface area (Å²) in [7, 11) is 0. The highest BCUT2D eigenvalue weighted by molar-refractivity contribution is 7.98. The number of carbonyl (C=O) groups is 1. The number of aromatic nitrogens is 3. The minimum atomic E-state index is -0.131. The molecule has 0 fully saturated rings. The van der Waals surface area contributed by atoms with E-state index in [-0.39, 0.29) is 18.0 Å². The Kier molecular flexibility index (Phi) is 6.24. The number of nitrogens with one attached hydrogen (secondary N) is 1. The molecule has 0 aliphatic carbocycles. The number of benzene rings is 1. The molecule has 1 N–H and O–H groups in total. The highest BCUT2D eigenvalue weighted by atomic mass is 32.2. The molecule has 1 aromatic carbocycles. The van der Waals surface area contributed by atoms with Gasteiger partial charge in [0.25, 0.3) is 5.56 Å². The first-order valence-corrected chi connectivity index (χ1v) is 10.6. The molecule has 0 unspecified atom stereocenters. The van der Waals surface area contributed by atoms with Crippen molar-refractivity contribution in [3.8, 4) is 0 Å². The number of carbonyl (C=O) groups excluding carboxylic acids is 1. The zero-order valence-corrected chi connectivity index (χ0v) is 17.5. The average molecular weight is 399 g/mol. The van der Waals surface area contributed by atoms with E-state index >= 15 is 0 Å². The number of hydrogen-bond acceptors (Lipinski definition) is 4. The Hall–Kier alpha value is -2.54. The van der Waals surface area contributed by atoms with Crippen molar-refractivity contribution >= 4 is 28.7 Å². The molecular weight excluding hydrogens is 372 g/mol. The quantitative estimate of drug-likeness (QED) is 0.490. The minimum Gasteiger partial charge on any atom is -0.350 e. The Balaban J connectivity index is 1.91. The van der Waals surface area contributed by atoms with Crippen molar-refractivity contribution in [1.82, 2.24) is 19.4 Å². The van der Waals surface area contributed by atoms with Gasteiger partial charge in [-0.2, -0.15) is 0 Å². The number of amides is 1. The van der Waals surface area contributed by atoms with Crippen LogP contribution >= 0.6 is 11.8 Å². The number of aryl methyl sites for hydroxylation is 1. The van der Waals surface area contributed by atoms with E-state index in [0.29, 0.717) is 35.2 Å². The predicted molar refractivity (Wildman–Crippen MR) is 114 cm³/mol. The molecule has 0 atom stereocenters. The summed E-state index contributed by atoms with van der Waals surface area (Å²) in [6, 6.07) is 11.6. The summed E-state index contributed by atoms with van der Waals surface area (Å²) in [6.45, 7) is 7.20. The van der Waals surface area contributed by atoms with Gasteiger partial charge in [-0.15, -0.1) is 0 Å². The second-order valence-corrected chi connectivity index (χ2v) is 8.05. The molecule has 7 heteroatoms. The van der Waals surface area contributed by atoms with Crippen LogP contribution in [-0.2, 0) is 24.4 Å². The van der Waals surface area contributed by atoms with Crippen LogP contribution in [0, 0.1) is 12.8 Å². The Morgan fingerprint density at radius 2 is 1.93 bits per heavy atom. The molecule has 0 radical (unpaired) electrons. The highest BCUT2D eigenvalue weighted by Gasteiger charge is 2.18. The fourth-order valence-electron chi connectivity index (χ4n) is 3.23. The zero-order chi connectivity index (χ0) is 20.3. The van der Waals surface area contributed by atoms with Gasteiger partial charge in [0.2, 0.25) is 5.91 Å². The second kappa shape index (κ2) is 8.65. The van der Waals surface area contributed by atoms with Crippen LogP contribution < -0.4 is 10.9 Å². The van der Waals surface area contributed by atoms with Gasteiger partial charge in [0.1, 0.15) is 12.1 Å². The van der Waals surface area contributed by atoms with Crippen molar-refractivity contribution in [2.24, 2.45) is 5.92 Å². The van der Waals surface area contributed by atoms with Crippen LogP contribution in [0.5, 0.6) is 0 Å². The van der Waals surface area contributed by atoms with E-state index in [2.05, 4.69) is 24.1 Å². The van der Waals surface area contributed by atoms with Crippen LogP contribution in [-0.4, -0.2) is 26.3 Å². The summed E-state index contributed by atoms with van der Waals surface area (Å²) >= 11 is 1.46. The molecule has 0 bridgehead atoms.